The molecule has 17 heavy (non-hydrogen) atoms. The summed E-state index contributed by atoms with van der Waals surface area (Å²) in [7, 11) is 0. The van der Waals surface area contributed by atoms with Crippen LogP contribution in [-0.2, 0) is 11.2 Å². The smallest absolute Gasteiger partial charge is 0.481 e. The maximum absolute atomic E-state index is 12.1. The third kappa shape index (κ3) is 5.08. The first-order valence-electron chi connectivity index (χ1n) is 4.54. The number of rotatable bonds is 4. The van der Waals surface area contributed by atoms with Gasteiger partial charge in [-0.15, -0.1) is 13.2 Å². The molecule has 0 heterocycles. The predicted octanol–water partition coefficient (Wildman–Crippen LogP) is 3.36. The van der Waals surface area contributed by atoms with Gasteiger partial charge in [-0.25, -0.2) is 0 Å². The normalized spacial score (nSPS) is 11.3. The SMILES string of the molecule is O=C(O)CCc1cc(Br)ccc1OC(F)(F)F. The summed E-state index contributed by atoms with van der Waals surface area (Å²) in [5.41, 5.74) is 0.194. The summed E-state index contributed by atoms with van der Waals surface area (Å²) in [4.78, 5) is 10.4. The molecule has 0 amide bonds. The van der Waals surface area contributed by atoms with Gasteiger partial charge in [-0.2, -0.15) is 0 Å². The zero-order chi connectivity index (χ0) is 13.1. The summed E-state index contributed by atoms with van der Waals surface area (Å²) >= 11 is 3.10. The highest BCUT2D eigenvalue weighted by Crippen LogP contribution is 2.29. The largest absolute Gasteiger partial charge is 0.573 e. The lowest BCUT2D eigenvalue weighted by Crippen LogP contribution is -2.18. The number of hydrogen-bond acceptors (Lipinski definition) is 2. The van der Waals surface area contributed by atoms with Gasteiger partial charge < -0.3 is 9.84 Å². The van der Waals surface area contributed by atoms with Gasteiger partial charge in [0.25, 0.3) is 0 Å². The van der Waals surface area contributed by atoms with Crippen LogP contribution in [0.3, 0.4) is 0 Å². The van der Waals surface area contributed by atoms with E-state index in [-0.39, 0.29) is 24.2 Å². The number of aliphatic carboxylic acids is 1. The van der Waals surface area contributed by atoms with Crippen molar-refractivity contribution in [2.24, 2.45) is 0 Å². The summed E-state index contributed by atoms with van der Waals surface area (Å²) in [5.74, 6) is -1.45. The van der Waals surface area contributed by atoms with Crippen molar-refractivity contribution in [2.45, 2.75) is 19.2 Å². The summed E-state index contributed by atoms with van der Waals surface area (Å²) in [6.07, 6.45) is -5.07. The maximum Gasteiger partial charge on any atom is 0.573 e. The van der Waals surface area contributed by atoms with Crippen LogP contribution in [0, 0.1) is 0 Å². The number of ether oxygens (including phenoxy) is 1. The molecule has 0 atom stereocenters. The van der Waals surface area contributed by atoms with E-state index < -0.39 is 12.3 Å². The summed E-state index contributed by atoms with van der Waals surface area (Å²) in [5, 5.41) is 8.49. The Bertz CT molecular complexity index is 418. The van der Waals surface area contributed by atoms with Crippen molar-refractivity contribution < 1.29 is 27.8 Å². The second-order valence-electron chi connectivity index (χ2n) is 3.19. The molecule has 3 nitrogen and oxygen atoms in total. The van der Waals surface area contributed by atoms with E-state index in [1.807, 2.05) is 0 Å². The summed E-state index contributed by atoms with van der Waals surface area (Å²) in [6.45, 7) is 0. The van der Waals surface area contributed by atoms with Gasteiger partial charge in [0.05, 0.1) is 0 Å². The molecule has 0 fully saturated rings. The Morgan fingerprint density at radius 2 is 2.06 bits per heavy atom. The van der Waals surface area contributed by atoms with Crippen LogP contribution in [0.4, 0.5) is 13.2 Å². The molecule has 7 heteroatoms. The Morgan fingerprint density at radius 1 is 1.41 bits per heavy atom. The Labute approximate surface area is 103 Å². The van der Waals surface area contributed by atoms with Crippen LogP contribution in [0.25, 0.3) is 0 Å². The first-order chi connectivity index (χ1) is 7.78. The molecule has 94 valence electrons. The van der Waals surface area contributed by atoms with Crippen LogP contribution in [0.1, 0.15) is 12.0 Å². The van der Waals surface area contributed by atoms with Gasteiger partial charge in [-0.3, -0.25) is 4.79 Å². The third-order valence-corrected chi connectivity index (χ3v) is 2.35. The quantitative estimate of drug-likeness (QED) is 0.927. The zero-order valence-corrected chi connectivity index (χ0v) is 10.0. The molecule has 0 radical (unpaired) electrons. The van der Waals surface area contributed by atoms with Crippen LogP contribution >= 0.6 is 15.9 Å². The topological polar surface area (TPSA) is 46.5 Å². The first-order valence-corrected chi connectivity index (χ1v) is 5.33. The molecule has 0 saturated heterocycles. The van der Waals surface area contributed by atoms with Crippen molar-refractivity contribution in [3.8, 4) is 5.75 Å². The minimum absolute atomic E-state index is 0.0276. The van der Waals surface area contributed by atoms with E-state index in [9.17, 15) is 18.0 Å². The Kier molecular flexibility index (Phi) is 4.39. The molecular formula is C10H8BrF3O3. The molecule has 0 aliphatic rings. The van der Waals surface area contributed by atoms with Crippen molar-refractivity contribution in [3.63, 3.8) is 0 Å². The highest BCUT2D eigenvalue weighted by Gasteiger charge is 2.32. The number of carbonyl (C=O) groups is 1. The Morgan fingerprint density at radius 3 is 2.59 bits per heavy atom. The predicted molar refractivity (Wildman–Crippen MR) is 56.8 cm³/mol. The van der Waals surface area contributed by atoms with E-state index in [2.05, 4.69) is 20.7 Å². The minimum atomic E-state index is -4.79. The third-order valence-electron chi connectivity index (χ3n) is 1.86. The highest BCUT2D eigenvalue weighted by molar-refractivity contribution is 9.10. The summed E-state index contributed by atoms with van der Waals surface area (Å²) in [6, 6.07) is 3.95. The summed E-state index contributed by atoms with van der Waals surface area (Å²) < 4.78 is 40.6. The molecule has 0 aromatic heterocycles. The zero-order valence-electron chi connectivity index (χ0n) is 8.42. The van der Waals surface area contributed by atoms with Crippen molar-refractivity contribution in [1.29, 1.82) is 0 Å². The second-order valence-corrected chi connectivity index (χ2v) is 4.11. The lowest BCUT2D eigenvalue weighted by atomic mass is 10.1. The van der Waals surface area contributed by atoms with Gasteiger partial charge in [0.2, 0.25) is 0 Å². The second kappa shape index (κ2) is 5.39. The Hall–Kier alpha value is -1.24. The van der Waals surface area contributed by atoms with Crippen LogP contribution in [-0.4, -0.2) is 17.4 Å². The fourth-order valence-corrected chi connectivity index (χ4v) is 1.62. The molecular weight excluding hydrogens is 305 g/mol. The van der Waals surface area contributed by atoms with Crippen molar-refractivity contribution in [2.75, 3.05) is 0 Å². The standard InChI is InChI=1S/C10H8BrF3O3/c11-7-2-3-8(17-10(12,13)14)6(5-7)1-4-9(15)16/h2-3,5H,1,4H2,(H,15,16). The van der Waals surface area contributed by atoms with Gasteiger partial charge in [0.15, 0.2) is 0 Å². The lowest BCUT2D eigenvalue weighted by molar-refractivity contribution is -0.274. The molecule has 1 aromatic rings. The molecule has 0 bridgehead atoms. The lowest BCUT2D eigenvalue weighted by Gasteiger charge is -2.13. The molecule has 1 rings (SSSR count). The van der Waals surface area contributed by atoms with Crippen LogP contribution in [0.15, 0.2) is 22.7 Å². The van der Waals surface area contributed by atoms with Gasteiger partial charge >= 0.3 is 12.3 Å². The number of alkyl halides is 3. The fraction of sp³-hybridized carbons (Fsp3) is 0.300. The van der Waals surface area contributed by atoms with Gasteiger partial charge in [0, 0.05) is 10.9 Å². The highest BCUT2D eigenvalue weighted by atomic mass is 79.9. The van der Waals surface area contributed by atoms with Gasteiger partial charge in [-0.05, 0) is 30.2 Å². The average Bonchev–Trinajstić information content (AvgIpc) is 2.16. The number of carboxylic acids is 1. The molecule has 0 aliphatic heterocycles. The van der Waals surface area contributed by atoms with E-state index in [0.29, 0.717) is 4.47 Å². The molecule has 1 N–H and O–H groups in total. The van der Waals surface area contributed by atoms with E-state index in [0.717, 1.165) is 6.07 Å². The molecule has 0 saturated carbocycles. The van der Waals surface area contributed by atoms with E-state index in [4.69, 9.17) is 5.11 Å². The molecule has 0 spiro atoms. The number of halogens is 4. The molecule has 0 aliphatic carbocycles. The first kappa shape index (κ1) is 13.8. The van der Waals surface area contributed by atoms with Crippen LogP contribution in [0.5, 0.6) is 5.75 Å². The Balaban J connectivity index is 2.91. The minimum Gasteiger partial charge on any atom is -0.481 e. The van der Waals surface area contributed by atoms with E-state index >= 15 is 0 Å². The molecule has 1 aromatic carbocycles. The van der Waals surface area contributed by atoms with Crippen molar-refractivity contribution in [1.82, 2.24) is 0 Å². The molecule has 0 unspecified atom stereocenters. The number of aryl methyl sites for hydroxylation is 1. The van der Waals surface area contributed by atoms with E-state index in [1.54, 1.807) is 0 Å². The number of benzene rings is 1. The van der Waals surface area contributed by atoms with Gasteiger partial charge in [0.1, 0.15) is 5.75 Å². The van der Waals surface area contributed by atoms with Crippen molar-refractivity contribution >= 4 is 21.9 Å². The average molecular weight is 313 g/mol. The van der Waals surface area contributed by atoms with Crippen molar-refractivity contribution in [3.05, 3.63) is 28.2 Å². The van der Waals surface area contributed by atoms with Crippen LogP contribution in [0.2, 0.25) is 0 Å². The monoisotopic (exact) mass is 312 g/mol. The van der Waals surface area contributed by atoms with Crippen LogP contribution < -0.4 is 4.74 Å². The van der Waals surface area contributed by atoms with E-state index in [1.165, 1.54) is 12.1 Å². The number of carboxylic acid groups (broad SMARTS) is 1. The fourth-order valence-electron chi connectivity index (χ4n) is 1.21. The van der Waals surface area contributed by atoms with Gasteiger partial charge in [-0.1, -0.05) is 15.9 Å². The number of hydrogen-bond donors (Lipinski definition) is 1. The maximum atomic E-state index is 12.1.